The van der Waals surface area contributed by atoms with Crippen LogP contribution >= 0.6 is 0 Å². The van der Waals surface area contributed by atoms with E-state index >= 15 is 0 Å². The predicted molar refractivity (Wildman–Crippen MR) is 108 cm³/mol. The van der Waals surface area contributed by atoms with Gasteiger partial charge in [0.15, 0.2) is 5.96 Å². The number of aromatic nitrogens is 3. The van der Waals surface area contributed by atoms with Crippen LogP contribution in [0.15, 0.2) is 11.3 Å². The van der Waals surface area contributed by atoms with Crippen LogP contribution in [0.25, 0.3) is 0 Å². The predicted octanol–water partition coefficient (Wildman–Crippen LogP) is 1.48. The van der Waals surface area contributed by atoms with Crippen molar-refractivity contribution in [2.24, 2.45) is 10.9 Å². The van der Waals surface area contributed by atoms with E-state index in [0.29, 0.717) is 6.54 Å². The van der Waals surface area contributed by atoms with Crippen molar-refractivity contribution in [1.29, 1.82) is 0 Å². The number of aliphatic imine (C=N–C) groups is 1. The topological polar surface area (TPSA) is 96.2 Å². The molecule has 0 aliphatic heterocycles. The van der Waals surface area contributed by atoms with Crippen molar-refractivity contribution in [1.82, 2.24) is 30.7 Å². The molecule has 1 fully saturated rings. The van der Waals surface area contributed by atoms with E-state index in [2.05, 4.69) is 40.0 Å². The Balaban J connectivity index is 1.89. The highest BCUT2D eigenvalue weighted by molar-refractivity contribution is 5.81. The maximum absolute atomic E-state index is 12.3. The van der Waals surface area contributed by atoms with Crippen LogP contribution in [0.1, 0.15) is 59.2 Å². The number of carbonyl (C=O) groups is 1. The molecule has 0 aromatic carbocycles. The van der Waals surface area contributed by atoms with Gasteiger partial charge in [0.2, 0.25) is 5.91 Å². The van der Waals surface area contributed by atoms with Gasteiger partial charge in [-0.05, 0) is 40.0 Å². The molecule has 2 rings (SSSR count). The van der Waals surface area contributed by atoms with Crippen molar-refractivity contribution in [3.63, 3.8) is 0 Å². The minimum atomic E-state index is 0.0886. The molecular weight excluding hydrogens is 342 g/mol. The SMILES string of the molecule is CCNC(=NCCn1cnnc1CC)NC1CCCC(C(=O)NC(C)C)C1. The molecule has 2 atom stereocenters. The van der Waals surface area contributed by atoms with Crippen molar-refractivity contribution in [3.8, 4) is 0 Å². The van der Waals surface area contributed by atoms with E-state index in [1.165, 1.54) is 0 Å². The minimum absolute atomic E-state index is 0.0886. The smallest absolute Gasteiger partial charge is 0.223 e. The molecule has 1 aromatic heterocycles. The van der Waals surface area contributed by atoms with Crippen molar-refractivity contribution >= 4 is 11.9 Å². The van der Waals surface area contributed by atoms with E-state index in [9.17, 15) is 4.79 Å². The van der Waals surface area contributed by atoms with Crippen molar-refractivity contribution in [2.75, 3.05) is 13.1 Å². The van der Waals surface area contributed by atoms with Gasteiger partial charge in [0.1, 0.15) is 12.2 Å². The molecule has 0 saturated heterocycles. The van der Waals surface area contributed by atoms with Crippen LogP contribution in [-0.2, 0) is 17.8 Å². The maximum Gasteiger partial charge on any atom is 0.223 e. The summed E-state index contributed by atoms with van der Waals surface area (Å²) in [6.07, 6.45) is 6.58. The Morgan fingerprint density at radius 3 is 2.89 bits per heavy atom. The molecule has 2 unspecified atom stereocenters. The van der Waals surface area contributed by atoms with Gasteiger partial charge in [-0.1, -0.05) is 13.3 Å². The van der Waals surface area contributed by atoms with Gasteiger partial charge in [0.05, 0.1) is 6.54 Å². The van der Waals surface area contributed by atoms with E-state index in [1.54, 1.807) is 6.33 Å². The van der Waals surface area contributed by atoms with Gasteiger partial charge in [0.25, 0.3) is 0 Å². The molecule has 1 saturated carbocycles. The third kappa shape index (κ3) is 6.84. The standard InChI is InChI=1S/C19H35N7O/c1-5-17-25-22-13-26(17)11-10-21-19(20-6-2)24-16-9-7-8-15(12-16)18(27)23-14(3)4/h13-16H,5-12H2,1-4H3,(H,23,27)(H2,20,21,24). The summed E-state index contributed by atoms with van der Waals surface area (Å²) >= 11 is 0. The molecule has 0 radical (unpaired) electrons. The van der Waals surface area contributed by atoms with Crippen molar-refractivity contribution in [3.05, 3.63) is 12.2 Å². The highest BCUT2D eigenvalue weighted by atomic mass is 16.1. The molecular formula is C19H35N7O. The Hall–Kier alpha value is -2.12. The lowest BCUT2D eigenvalue weighted by Crippen LogP contribution is -2.47. The third-order valence-electron chi connectivity index (χ3n) is 4.78. The Bertz CT molecular complexity index is 611. The molecule has 0 spiro atoms. The monoisotopic (exact) mass is 377 g/mol. The molecule has 1 aromatic rings. The lowest BCUT2D eigenvalue weighted by atomic mass is 9.85. The highest BCUT2D eigenvalue weighted by Crippen LogP contribution is 2.24. The first-order valence-electron chi connectivity index (χ1n) is 10.2. The van der Waals surface area contributed by atoms with E-state index in [4.69, 9.17) is 4.99 Å². The first kappa shape index (κ1) is 21.2. The Morgan fingerprint density at radius 1 is 1.37 bits per heavy atom. The van der Waals surface area contributed by atoms with Crippen LogP contribution in [0.4, 0.5) is 0 Å². The van der Waals surface area contributed by atoms with Crippen LogP contribution in [0.2, 0.25) is 0 Å². The van der Waals surface area contributed by atoms with Crippen LogP contribution in [0, 0.1) is 5.92 Å². The quantitative estimate of drug-likeness (QED) is 0.471. The molecule has 1 heterocycles. The number of rotatable bonds is 8. The summed E-state index contributed by atoms with van der Waals surface area (Å²) in [7, 11) is 0. The summed E-state index contributed by atoms with van der Waals surface area (Å²) in [5, 5.41) is 17.9. The fourth-order valence-electron chi connectivity index (χ4n) is 3.48. The Labute approximate surface area is 162 Å². The number of guanidine groups is 1. The third-order valence-corrected chi connectivity index (χ3v) is 4.78. The molecule has 1 amide bonds. The zero-order valence-electron chi connectivity index (χ0n) is 17.2. The first-order valence-corrected chi connectivity index (χ1v) is 10.2. The molecule has 1 aliphatic carbocycles. The number of aryl methyl sites for hydroxylation is 1. The zero-order valence-corrected chi connectivity index (χ0v) is 17.2. The summed E-state index contributed by atoms with van der Waals surface area (Å²) in [6, 6.07) is 0.468. The van der Waals surface area contributed by atoms with Crippen LogP contribution < -0.4 is 16.0 Å². The molecule has 8 heteroatoms. The average Bonchev–Trinajstić information content (AvgIpc) is 3.09. The summed E-state index contributed by atoms with van der Waals surface area (Å²) in [5.41, 5.74) is 0. The van der Waals surface area contributed by atoms with E-state index in [1.807, 2.05) is 18.4 Å². The second kappa shape index (κ2) is 10.9. The highest BCUT2D eigenvalue weighted by Gasteiger charge is 2.27. The van der Waals surface area contributed by atoms with Gasteiger partial charge in [-0.25, -0.2) is 0 Å². The molecule has 0 bridgehead atoms. The van der Waals surface area contributed by atoms with Gasteiger partial charge in [-0.3, -0.25) is 9.79 Å². The normalized spacial score (nSPS) is 20.6. The average molecular weight is 378 g/mol. The van der Waals surface area contributed by atoms with Gasteiger partial charge in [0, 0.05) is 37.5 Å². The lowest BCUT2D eigenvalue weighted by molar-refractivity contribution is -0.126. The molecule has 1 aliphatic rings. The molecule has 27 heavy (non-hydrogen) atoms. The first-order chi connectivity index (χ1) is 13.0. The number of nitrogens with zero attached hydrogens (tertiary/aromatic N) is 4. The van der Waals surface area contributed by atoms with Gasteiger partial charge < -0.3 is 20.5 Å². The summed E-state index contributed by atoms with van der Waals surface area (Å²) in [4.78, 5) is 17.0. The van der Waals surface area contributed by atoms with Gasteiger partial charge >= 0.3 is 0 Å². The van der Waals surface area contributed by atoms with Gasteiger partial charge in [-0.15, -0.1) is 10.2 Å². The summed E-state index contributed by atoms with van der Waals surface area (Å²) in [6.45, 7) is 10.4. The van der Waals surface area contributed by atoms with E-state index < -0.39 is 0 Å². The lowest BCUT2D eigenvalue weighted by Gasteiger charge is -2.30. The fraction of sp³-hybridized carbons (Fsp3) is 0.789. The summed E-state index contributed by atoms with van der Waals surface area (Å²) in [5.74, 6) is 2.07. The van der Waals surface area contributed by atoms with Crippen LogP contribution in [0.3, 0.4) is 0 Å². The largest absolute Gasteiger partial charge is 0.357 e. The zero-order chi connectivity index (χ0) is 19.6. The molecule has 3 N–H and O–H groups in total. The second-order valence-corrected chi connectivity index (χ2v) is 7.42. The molecule has 8 nitrogen and oxygen atoms in total. The van der Waals surface area contributed by atoms with Crippen LogP contribution in [0.5, 0.6) is 0 Å². The Morgan fingerprint density at radius 2 is 2.19 bits per heavy atom. The van der Waals surface area contributed by atoms with E-state index in [0.717, 1.165) is 57.0 Å². The number of hydrogen-bond donors (Lipinski definition) is 3. The number of carbonyl (C=O) groups excluding carboxylic acids is 1. The Kier molecular flexibility index (Phi) is 8.54. The van der Waals surface area contributed by atoms with Gasteiger partial charge in [-0.2, -0.15) is 0 Å². The van der Waals surface area contributed by atoms with Crippen molar-refractivity contribution < 1.29 is 4.79 Å². The van der Waals surface area contributed by atoms with E-state index in [-0.39, 0.29) is 23.9 Å². The number of nitrogens with one attached hydrogen (secondary N) is 3. The summed E-state index contributed by atoms with van der Waals surface area (Å²) < 4.78 is 2.04. The number of amides is 1. The fourth-order valence-corrected chi connectivity index (χ4v) is 3.48. The second-order valence-electron chi connectivity index (χ2n) is 7.42. The number of hydrogen-bond acceptors (Lipinski definition) is 4. The van der Waals surface area contributed by atoms with Crippen LogP contribution in [-0.4, -0.2) is 51.8 Å². The molecule has 152 valence electrons. The maximum atomic E-state index is 12.3. The van der Waals surface area contributed by atoms with Crippen molar-refractivity contribution in [2.45, 2.75) is 78.4 Å². The minimum Gasteiger partial charge on any atom is -0.357 e.